The van der Waals surface area contributed by atoms with Crippen molar-refractivity contribution in [1.29, 1.82) is 0 Å². The predicted molar refractivity (Wildman–Crippen MR) is 74.1 cm³/mol. The van der Waals surface area contributed by atoms with E-state index in [4.69, 9.17) is 23.2 Å². The fourth-order valence-corrected chi connectivity index (χ4v) is 4.45. The Kier molecular flexibility index (Phi) is 4.11. The Hall–Kier alpha value is -0.430. The summed E-state index contributed by atoms with van der Waals surface area (Å²) in [5.41, 5.74) is -0.969. The van der Waals surface area contributed by atoms with E-state index in [2.05, 4.69) is 5.32 Å². The second kappa shape index (κ2) is 5.28. The van der Waals surface area contributed by atoms with Gasteiger partial charge < -0.3 is 10.4 Å². The number of amides is 1. The van der Waals surface area contributed by atoms with Crippen LogP contribution in [-0.2, 0) is 4.79 Å². The number of aliphatic carboxylic acids is 1. The first-order valence-corrected chi connectivity index (χ1v) is 7.76. The minimum Gasteiger partial charge on any atom is -0.479 e. The van der Waals surface area contributed by atoms with Gasteiger partial charge in [0.15, 0.2) is 0 Å². The molecule has 1 aliphatic rings. The van der Waals surface area contributed by atoms with Crippen molar-refractivity contribution >= 4 is 58.2 Å². The highest BCUT2D eigenvalue weighted by molar-refractivity contribution is 7.99. The SMILES string of the molecule is O=C(NC1(C(=O)O)CCSC1)c1cc(Cl)sc1Cl. The van der Waals surface area contributed by atoms with Gasteiger partial charge in [-0.3, -0.25) is 4.79 Å². The molecule has 1 unspecified atom stereocenters. The summed E-state index contributed by atoms with van der Waals surface area (Å²) in [6, 6.07) is 1.45. The van der Waals surface area contributed by atoms with Gasteiger partial charge in [0.2, 0.25) is 0 Å². The lowest BCUT2D eigenvalue weighted by Gasteiger charge is -2.24. The average Bonchev–Trinajstić information content (AvgIpc) is 2.86. The number of thiophene rings is 1. The molecule has 18 heavy (non-hydrogen) atoms. The lowest BCUT2D eigenvalue weighted by Crippen LogP contribution is -2.54. The van der Waals surface area contributed by atoms with Gasteiger partial charge in [-0.15, -0.1) is 11.3 Å². The molecule has 4 nitrogen and oxygen atoms in total. The zero-order valence-electron chi connectivity index (χ0n) is 9.03. The first-order valence-electron chi connectivity index (χ1n) is 5.03. The van der Waals surface area contributed by atoms with E-state index in [0.29, 0.717) is 22.3 Å². The maximum atomic E-state index is 12.0. The normalized spacial score (nSPS) is 23.0. The highest BCUT2D eigenvalue weighted by Gasteiger charge is 2.43. The van der Waals surface area contributed by atoms with Crippen LogP contribution in [0.3, 0.4) is 0 Å². The van der Waals surface area contributed by atoms with Crippen LogP contribution in [0.5, 0.6) is 0 Å². The molecule has 2 heterocycles. The van der Waals surface area contributed by atoms with E-state index in [9.17, 15) is 14.7 Å². The number of rotatable bonds is 3. The largest absolute Gasteiger partial charge is 0.479 e. The van der Waals surface area contributed by atoms with Crippen LogP contribution in [0, 0.1) is 0 Å². The van der Waals surface area contributed by atoms with Crippen molar-refractivity contribution < 1.29 is 14.7 Å². The van der Waals surface area contributed by atoms with Crippen LogP contribution >= 0.6 is 46.3 Å². The van der Waals surface area contributed by atoms with Crippen LogP contribution in [0.2, 0.25) is 8.67 Å². The molecule has 1 fully saturated rings. The molecule has 0 saturated carbocycles. The van der Waals surface area contributed by atoms with Crippen LogP contribution in [0.1, 0.15) is 16.8 Å². The highest BCUT2D eigenvalue weighted by atomic mass is 35.5. The number of halogens is 2. The Bertz CT molecular complexity index is 497. The number of thioether (sulfide) groups is 1. The van der Waals surface area contributed by atoms with E-state index in [-0.39, 0.29) is 9.90 Å². The van der Waals surface area contributed by atoms with E-state index in [1.54, 1.807) is 0 Å². The third-order valence-electron chi connectivity index (χ3n) is 2.69. The van der Waals surface area contributed by atoms with Crippen molar-refractivity contribution in [1.82, 2.24) is 5.32 Å². The summed E-state index contributed by atoms with van der Waals surface area (Å²) in [7, 11) is 0. The third kappa shape index (κ3) is 2.61. The van der Waals surface area contributed by atoms with Crippen molar-refractivity contribution in [2.24, 2.45) is 0 Å². The van der Waals surface area contributed by atoms with Gasteiger partial charge in [0.05, 0.1) is 9.90 Å². The molecule has 0 aromatic carbocycles. The van der Waals surface area contributed by atoms with Crippen molar-refractivity contribution in [3.63, 3.8) is 0 Å². The van der Waals surface area contributed by atoms with Crippen LogP contribution < -0.4 is 5.32 Å². The quantitative estimate of drug-likeness (QED) is 0.896. The molecule has 0 spiro atoms. The van der Waals surface area contributed by atoms with Gasteiger partial charge in [-0.1, -0.05) is 23.2 Å². The summed E-state index contributed by atoms with van der Waals surface area (Å²) in [5, 5.41) is 11.8. The molecule has 98 valence electrons. The Balaban J connectivity index is 2.20. The summed E-state index contributed by atoms with van der Waals surface area (Å²) in [4.78, 5) is 23.3. The van der Waals surface area contributed by atoms with Crippen LogP contribution in [0.25, 0.3) is 0 Å². The van der Waals surface area contributed by atoms with Crippen molar-refractivity contribution in [2.45, 2.75) is 12.0 Å². The summed E-state index contributed by atoms with van der Waals surface area (Å²) in [5.74, 6) is -0.430. The number of carbonyl (C=O) groups excluding carboxylic acids is 1. The van der Waals surface area contributed by atoms with Gasteiger partial charge in [-0.2, -0.15) is 11.8 Å². The first kappa shape index (κ1) is 14.0. The Morgan fingerprint density at radius 2 is 2.17 bits per heavy atom. The average molecular weight is 326 g/mol. The molecule has 2 rings (SSSR count). The summed E-state index contributed by atoms with van der Waals surface area (Å²) < 4.78 is 0.666. The Morgan fingerprint density at radius 3 is 2.61 bits per heavy atom. The molecule has 0 aliphatic carbocycles. The molecule has 0 bridgehead atoms. The molecule has 1 aliphatic heterocycles. The van der Waals surface area contributed by atoms with Crippen LogP contribution in [-0.4, -0.2) is 34.0 Å². The molecule has 1 aromatic rings. The topological polar surface area (TPSA) is 66.4 Å². The van der Waals surface area contributed by atoms with Gasteiger partial charge in [-0.25, -0.2) is 4.79 Å². The number of carboxylic acid groups (broad SMARTS) is 1. The number of nitrogens with one attached hydrogen (secondary N) is 1. The maximum Gasteiger partial charge on any atom is 0.330 e. The van der Waals surface area contributed by atoms with E-state index in [0.717, 1.165) is 11.3 Å². The monoisotopic (exact) mass is 325 g/mol. The molecule has 8 heteroatoms. The third-order valence-corrected chi connectivity index (χ3v) is 5.36. The molecule has 1 saturated heterocycles. The van der Waals surface area contributed by atoms with Crippen molar-refractivity contribution in [3.05, 3.63) is 20.3 Å². The predicted octanol–water partition coefficient (Wildman–Crippen LogP) is 2.75. The minimum absolute atomic E-state index is 0.226. The lowest BCUT2D eigenvalue weighted by molar-refractivity contribution is -0.143. The Morgan fingerprint density at radius 1 is 1.44 bits per heavy atom. The van der Waals surface area contributed by atoms with Crippen LogP contribution in [0.15, 0.2) is 6.07 Å². The maximum absolute atomic E-state index is 12.0. The van der Waals surface area contributed by atoms with E-state index in [1.807, 2.05) is 0 Å². The fourth-order valence-electron chi connectivity index (χ4n) is 1.67. The molecular formula is C10H9Cl2NO3S2. The smallest absolute Gasteiger partial charge is 0.330 e. The van der Waals surface area contributed by atoms with Gasteiger partial charge in [-0.05, 0) is 18.2 Å². The van der Waals surface area contributed by atoms with E-state index in [1.165, 1.54) is 17.8 Å². The van der Waals surface area contributed by atoms with Gasteiger partial charge in [0.25, 0.3) is 5.91 Å². The molecule has 1 amide bonds. The second-order valence-electron chi connectivity index (χ2n) is 3.88. The molecular weight excluding hydrogens is 317 g/mol. The Labute approximate surface area is 122 Å². The number of carboxylic acids is 1. The molecule has 0 radical (unpaired) electrons. The van der Waals surface area contributed by atoms with E-state index >= 15 is 0 Å². The first-order chi connectivity index (χ1) is 8.44. The van der Waals surface area contributed by atoms with Crippen molar-refractivity contribution in [2.75, 3.05) is 11.5 Å². The summed E-state index contributed by atoms with van der Waals surface area (Å²) in [6.45, 7) is 0. The van der Waals surface area contributed by atoms with Gasteiger partial charge in [0.1, 0.15) is 9.88 Å². The molecule has 1 aromatic heterocycles. The second-order valence-corrected chi connectivity index (χ2v) is 7.27. The number of hydrogen-bond donors (Lipinski definition) is 2. The minimum atomic E-state index is -1.19. The standard InChI is InChI=1S/C10H9Cl2NO3S2/c11-6-3-5(7(12)18-6)8(14)13-10(9(15)16)1-2-17-4-10/h3H,1-2,4H2,(H,13,14)(H,15,16). The van der Waals surface area contributed by atoms with Gasteiger partial charge in [0, 0.05) is 5.75 Å². The fraction of sp³-hybridized carbons (Fsp3) is 0.400. The van der Waals surface area contributed by atoms with E-state index < -0.39 is 17.4 Å². The summed E-state index contributed by atoms with van der Waals surface area (Å²) in [6.07, 6.45) is 0.411. The number of hydrogen-bond acceptors (Lipinski definition) is 4. The van der Waals surface area contributed by atoms with Crippen molar-refractivity contribution in [3.8, 4) is 0 Å². The highest BCUT2D eigenvalue weighted by Crippen LogP contribution is 2.33. The van der Waals surface area contributed by atoms with Gasteiger partial charge >= 0.3 is 5.97 Å². The zero-order valence-corrected chi connectivity index (χ0v) is 12.2. The zero-order chi connectivity index (χ0) is 13.3. The number of carbonyl (C=O) groups is 2. The summed E-state index contributed by atoms with van der Waals surface area (Å²) >= 11 is 14.2. The van der Waals surface area contributed by atoms with Crippen LogP contribution in [0.4, 0.5) is 0 Å². The molecule has 2 N–H and O–H groups in total. The lowest BCUT2D eigenvalue weighted by atomic mass is 9.99. The molecule has 1 atom stereocenters.